The molecule has 1 N–H and O–H groups in total. The second-order valence-corrected chi connectivity index (χ2v) is 1.90. The van der Waals surface area contributed by atoms with Gasteiger partial charge in [-0.1, -0.05) is 18.2 Å². The Bertz CT molecular complexity index is 165. The fourth-order valence-corrected chi connectivity index (χ4v) is 0.760. The number of para-hydroxylation sites is 1. The van der Waals surface area contributed by atoms with Crippen LogP contribution in [-0.4, -0.2) is 6.54 Å². The van der Waals surface area contributed by atoms with Crippen molar-refractivity contribution in [1.29, 1.82) is 0 Å². The van der Waals surface area contributed by atoms with Gasteiger partial charge in [0.1, 0.15) is 0 Å². The number of hydrogen-bond acceptors (Lipinski definition) is 1. The lowest BCUT2D eigenvalue weighted by Crippen LogP contribution is -1.94. The molecule has 0 amide bonds. The molecule has 0 radical (unpaired) electrons. The summed E-state index contributed by atoms with van der Waals surface area (Å²) in [4.78, 5) is 0. The first-order valence-electron chi connectivity index (χ1n) is 3.22. The van der Waals surface area contributed by atoms with E-state index in [1.165, 1.54) is 5.69 Å². The van der Waals surface area contributed by atoms with Crippen molar-refractivity contribution >= 4 is 30.5 Å². The van der Waals surface area contributed by atoms with E-state index in [-0.39, 0.29) is 24.8 Å². The Morgan fingerprint density at radius 2 is 1.64 bits per heavy atom. The van der Waals surface area contributed by atoms with Gasteiger partial charge >= 0.3 is 0 Å². The summed E-state index contributed by atoms with van der Waals surface area (Å²) in [5.41, 5.74) is 1.19. The molecule has 0 aliphatic carbocycles. The minimum absolute atomic E-state index is 0. The molecule has 1 aromatic carbocycles. The largest absolute Gasteiger partial charge is 0.385 e. The van der Waals surface area contributed by atoms with Gasteiger partial charge in [0.25, 0.3) is 0 Å². The summed E-state index contributed by atoms with van der Waals surface area (Å²) in [7, 11) is 0. The van der Waals surface area contributed by atoms with Gasteiger partial charge < -0.3 is 5.32 Å². The van der Waals surface area contributed by atoms with Crippen LogP contribution in [-0.2, 0) is 0 Å². The van der Waals surface area contributed by atoms with Crippen molar-refractivity contribution in [2.24, 2.45) is 0 Å². The van der Waals surface area contributed by atoms with Crippen molar-refractivity contribution < 1.29 is 0 Å². The summed E-state index contributed by atoms with van der Waals surface area (Å²) in [6.45, 7) is 3.08. The Labute approximate surface area is 80.0 Å². The topological polar surface area (TPSA) is 12.0 Å². The molecule has 0 fully saturated rings. The van der Waals surface area contributed by atoms with Crippen molar-refractivity contribution in [3.63, 3.8) is 0 Å². The van der Waals surface area contributed by atoms with Crippen LogP contribution in [0.25, 0.3) is 0 Å². The van der Waals surface area contributed by atoms with Crippen LogP contribution >= 0.6 is 24.8 Å². The van der Waals surface area contributed by atoms with Gasteiger partial charge in [-0.3, -0.25) is 0 Å². The van der Waals surface area contributed by atoms with E-state index < -0.39 is 0 Å². The van der Waals surface area contributed by atoms with Crippen LogP contribution in [0.1, 0.15) is 6.92 Å². The Kier molecular flexibility index (Phi) is 9.25. The Hall–Kier alpha value is -0.400. The van der Waals surface area contributed by atoms with Gasteiger partial charge in [-0.2, -0.15) is 0 Å². The number of hydrogen-bond donors (Lipinski definition) is 1. The fourth-order valence-electron chi connectivity index (χ4n) is 0.760. The summed E-state index contributed by atoms with van der Waals surface area (Å²) in [5, 5.41) is 3.21. The van der Waals surface area contributed by atoms with Crippen LogP contribution in [0.4, 0.5) is 5.69 Å². The second kappa shape index (κ2) is 7.70. The van der Waals surface area contributed by atoms with Gasteiger partial charge in [-0.05, 0) is 19.1 Å². The lowest BCUT2D eigenvalue weighted by atomic mass is 10.3. The lowest BCUT2D eigenvalue weighted by Gasteiger charge is -1.99. The van der Waals surface area contributed by atoms with Crippen molar-refractivity contribution in [1.82, 2.24) is 0 Å². The van der Waals surface area contributed by atoms with Crippen LogP contribution < -0.4 is 5.32 Å². The van der Waals surface area contributed by atoms with Gasteiger partial charge in [0.05, 0.1) is 0 Å². The highest BCUT2D eigenvalue weighted by molar-refractivity contribution is 5.85. The quantitative estimate of drug-likeness (QED) is 0.763. The maximum Gasteiger partial charge on any atom is 0.0340 e. The summed E-state index contributed by atoms with van der Waals surface area (Å²) in [5.74, 6) is 0. The van der Waals surface area contributed by atoms with E-state index in [1.807, 2.05) is 18.2 Å². The Morgan fingerprint density at radius 1 is 1.09 bits per heavy atom. The van der Waals surface area contributed by atoms with Gasteiger partial charge in [0.15, 0.2) is 0 Å². The first-order valence-corrected chi connectivity index (χ1v) is 3.22. The SMILES string of the molecule is CCNc1ccccc1.Cl.Cl. The number of halogens is 2. The van der Waals surface area contributed by atoms with Crippen LogP contribution in [0.2, 0.25) is 0 Å². The third-order valence-electron chi connectivity index (χ3n) is 1.15. The van der Waals surface area contributed by atoms with Crippen molar-refractivity contribution in [2.75, 3.05) is 11.9 Å². The zero-order chi connectivity index (χ0) is 6.53. The number of rotatable bonds is 2. The van der Waals surface area contributed by atoms with E-state index in [0.29, 0.717) is 0 Å². The molecule has 1 nitrogen and oxygen atoms in total. The van der Waals surface area contributed by atoms with Gasteiger partial charge in [0, 0.05) is 12.2 Å². The van der Waals surface area contributed by atoms with Crippen LogP contribution in [0, 0.1) is 0 Å². The zero-order valence-corrected chi connectivity index (χ0v) is 8.04. The molecule has 0 atom stereocenters. The molecule has 0 heterocycles. The third kappa shape index (κ3) is 4.93. The smallest absolute Gasteiger partial charge is 0.0340 e. The molecule has 3 heteroatoms. The average Bonchev–Trinajstić information content (AvgIpc) is 1.91. The zero-order valence-electron chi connectivity index (χ0n) is 6.41. The number of benzene rings is 1. The maximum atomic E-state index is 3.21. The number of anilines is 1. The van der Waals surface area contributed by atoms with E-state index in [0.717, 1.165) is 6.54 Å². The molecule has 64 valence electrons. The molecule has 0 aliphatic heterocycles. The molecule has 0 spiro atoms. The molecule has 11 heavy (non-hydrogen) atoms. The van der Waals surface area contributed by atoms with E-state index in [4.69, 9.17) is 0 Å². The predicted molar refractivity (Wildman–Crippen MR) is 55.1 cm³/mol. The maximum absolute atomic E-state index is 3.21. The molecule has 0 bridgehead atoms. The van der Waals surface area contributed by atoms with E-state index >= 15 is 0 Å². The van der Waals surface area contributed by atoms with E-state index in [2.05, 4.69) is 24.4 Å². The standard InChI is InChI=1S/C8H11N.2ClH/c1-2-9-8-6-4-3-5-7-8;;/h3-7,9H,2H2,1H3;2*1H. The van der Waals surface area contributed by atoms with Crippen molar-refractivity contribution in [3.05, 3.63) is 30.3 Å². The number of nitrogens with one attached hydrogen (secondary N) is 1. The Balaban J connectivity index is 0. The van der Waals surface area contributed by atoms with Gasteiger partial charge in [-0.25, -0.2) is 0 Å². The molecular weight excluding hydrogens is 181 g/mol. The normalized spacial score (nSPS) is 7.36. The second-order valence-electron chi connectivity index (χ2n) is 1.90. The summed E-state index contributed by atoms with van der Waals surface area (Å²) in [6.07, 6.45) is 0. The molecule has 1 aromatic rings. The molecular formula is C8H13Cl2N. The van der Waals surface area contributed by atoms with Crippen LogP contribution in [0.3, 0.4) is 0 Å². The minimum atomic E-state index is 0. The molecule has 0 saturated carbocycles. The van der Waals surface area contributed by atoms with Crippen LogP contribution in [0.5, 0.6) is 0 Å². The first kappa shape index (κ1) is 13.2. The van der Waals surface area contributed by atoms with E-state index in [9.17, 15) is 0 Å². The van der Waals surface area contributed by atoms with Crippen molar-refractivity contribution in [2.45, 2.75) is 6.92 Å². The highest BCUT2D eigenvalue weighted by Crippen LogP contribution is 2.02. The summed E-state index contributed by atoms with van der Waals surface area (Å²) in [6, 6.07) is 10.2. The molecule has 0 aliphatic rings. The van der Waals surface area contributed by atoms with Gasteiger partial charge in [0.2, 0.25) is 0 Å². The van der Waals surface area contributed by atoms with Crippen LogP contribution in [0.15, 0.2) is 30.3 Å². The molecule has 0 saturated heterocycles. The summed E-state index contributed by atoms with van der Waals surface area (Å²) < 4.78 is 0. The van der Waals surface area contributed by atoms with E-state index in [1.54, 1.807) is 0 Å². The highest BCUT2D eigenvalue weighted by atomic mass is 35.5. The first-order chi connectivity index (χ1) is 4.43. The monoisotopic (exact) mass is 193 g/mol. The highest BCUT2D eigenvalue weighted by Gasteiger charge is 1.81. The predicted octanol–water partition coefficient (Wildman–Crippen LogP) is 2.96. The molecule has 1 rings (SSSR count). The molecule has 0 unspecified atom stereocenters. The lowest BCUT2D eigenvalue weighted by molar-refractivity contribution is 1.21. The Morgan fingerprint density at radius 3 is 2.09 bits per heavy atom. The van der Waals surface area contributed by atoms with Gasteiger partial charge in [-0.15, -0.1) is 24.8 Å². The minimum Gasteiger partial charge on any atom is -0.385 e. The fraction of sp³-hybridized carbons (Fsp3) is 0.250. The average molecular weight is 194 g/mol. The third-order valence-corrected chi connectivity index (χ3v) is 1.15. The summed E-state index contributed by atoms with van der Waals surface area (Å²) >= 11 is 0. The molecule has 0 aromatic heterocycles. The van der Waals surface area contributed by atoms with Crippen molar-refractivity contribution in [3.8, 4) is 0 Å².